The topological polar surface area (TPSA) is 42.0 Å². The van der Waals surface area contributed by atoms with E-state index in [0.29, 0.717) is 0 Å². The van der Waals surface area contributed by atoms with Crippen LogP contribution in [0.5, 0.6) is 0 Å². The lowest BCUT2D eigenvalue weighted by molar-refractivity contribution is 0.553. The van der Waals surface area contributed by atoms with Crippen LogP contribution in [0.2, 0.25) is 0 Å². The van der Waals surface area contributed by atoms with Crippen molar-refractivity contribution in [2.75, 3.05) is 12.8 Å². The SMILES string of the molecule is CC(NCCC(C)S(C)=O)c1cnc2ccsc2c1. The summed E-state index contributed by atoms with van der Waals surface area (Å²) >= 11 is 1.72. The molecule has 2 aromatic heterocycles. The van der Waals surface area contributed by atoms with Gasteiger partial charge in [-0.15, -0.1) is 11.3 Å². The van der Waals surface area contributed by atoms with E-state index in [0.717, 1.165) is 18.5 Å². The molecule has 0 aliphatic heterocycles. The van der Waals surface area contributed by atoms with Crippen LogP contribution in [0.1, 0.15) is 31.9 Å². The predicted molar refractivity (Wildman–Crippen MR) is 84.2 cm³/mol. The number of fused-ring (bicyclic) bond motifs is 1. The Labute approximate surface area is 120 Å². The molecule has 0 saturated carbocycles. The van der Waals surface area contributed by atoms with Crippen molar-refractivity contribution in [1.29, 1.82) is 0 Å². The number of hydrogen-bond donors (Lipinski definition) is 1. The van der Waals surface area contributed by atoms with E-state index in [1.807, 2.05) is 19.2 Å². The molecule has 0 aromatic carbocycles. The third-order valence-electron chi connectivity index (χ3n) is 3.39. The minimum Gasteiger partial charge on any atom is -0.310 e. The average Bonchev–Trinajstić information content (AvgIpc) is 2.85. The minimum absolute atomic E-state index is 0.248. The summed E-state index contributed by atoms with van der Waals surface area (Å²) in [6.07, 6.45) is 4.64. The molecule has 1 N–H and O–H groups in total. The Balaban J connectivity index is 1.92. The monoisotopic (exact) mass is 296 g/mol. The maximum Gasteiger partial charge on any atom is 0.0809 e. The molecule has 5 heteroatoms. The Morgan fingerprint density at radius 3 is 3.00 bits per heavy atom. The highest BCUT2D eigenvalue weighted by Crippen LogP contribution is 2.22. The molecule has 2 heterocycles. The van der Waals surface area contributed by atoms with Crippen LogP contribution in [0.4, 0.5) is 0 Å². The van der Waals surface area contributed by atoms with Gasteiger partial charge >= 0.3 is 0 Å². The maximum absolute atomic E-state index is 11.3. The Morgan fingerprint density at radius 1 is 1.47 bits per heavy atom. The van der Waals surface area contributed by atoms with Gasteiger partial charge in [-0.1, -0.05) is 6.92 Å². The zero-order valence-corrected chi connectivity index (χ0v) is 13.2. The van der Waals surface area contributed by atoms with Crippen LogP contribution in [-0.2, 0) is 10.8 Å². The van der Waals surface area contributed by atoms with Crippen LogP contribution >= 0.6 is 11.3 Å². The van der Waals surface area contributed by atoms with Crippen molar-refractivity contribution in [3.8, 4) is 0 Å². The lowest BCUT2D eigenvalue weighted by Crippen LogP contribution is -2.24. The molecule has 3 nitrogen and oxygen atoms in total. The molecule has 0 aliphatic rings. The van der Waals surface area contributed by atoms with E-state index in [1.165, 1.54) is 10.3 Å². The van der Waals surface area contributed by atoms with E-state index in [4.69, 9.17) is 0 Å². The highest BCUT2D eigenvalue weighted by atomic mass is 32.2. The van der Waals surface area contributed by atoms with Crippen molar-refractivity contribution in [2.24, 2.45) is 0 Å². The van der Waals surface area contributed by atoms with Gasteiger partial charge in [0.15, 0.2) is 0 Å². The Bertz CT molecular complexity index is 567. The van der Waals surface area contributed by atoms with Gasteiger partial charge in [-0.3, -0.25) is 9.19 Å². The summed E-state index contributed by atoms with van der Waals surface area (Å²) in [5, 5.41) is 5.79. The van der Waals surface area contributed by atoms with Gasteiger partial charge in [0.25, 0.3) is 0 Å². The summed E-state index contributed by atoms with van der Waals surface area (Å²) in [5.41, 5.74) is 2.27. The zero-order valence-electron chi connectivity index (χ0n) is 11.6. The van der Waals surface area contributed by atoms with Crippen molar-refractivity contribution < 1.29 is 4.21 Å². The first kappa shape index (κ1) is 14.6. The number of hydrogen-bond acceptors (Lipinski definition) is 4. The number of rotatable bonds is 6. The van der Waals surface area contributed by atoms with E-state index in [-0.39, 0.29) is 11.3 Å². The summed E-state index contributed by atoms with van der Waals surface area (Å²) < 4.78 is 12.5. The summed E-state index contributed by atoms with van der Waals surface area (Å²) in [6.45, 7) is 5.05. The molecule has 104 valence electrons. The smallest absolute Gasteiger partial charge is 0.0809 e. The van der Waals surface area contributed by atoms with Crippen LogP contribution in [0.3, 0.4) is 0 Å². The summed E-state index contributed by atoms with van der Waals surface area (Å²) in [4.78, 5) is 4.46. The Morgan fingerprint density at radius 2 is 2.26 bits per heavy atom. The first-order valence-electron chi connectivity index (χ1n) is 6.46. The second kappa shape index (κ2) is 6.59. The molecule has 0 amide bonds. The lowest BCUT2D eigenvalue weighted by atomic mass is 10.1. The van der Waals surface area contributed by atoms with Gasteiger partial charge < -0.3 is 5.32 Å². The van der Waals surface area contributed by atoms with Crippen molar-refractivity contribution in [1.82, 2.24) is 10.3 Å². The van der Waals surface area contributed by atoms with E-state index < -0.39 is 10.8 Å². The molecule has 0 spiro atoms. The third-order valence-corrected chi connectivity index (χ3v) is 5.61. The molecule has 0 fully saturated rings. The maximum atomic E-state index is 11.3. The Hall–Kier alpha value is -0.780. The summed E-state index contributed by atoms with van der Waals surface area (Å²) in [7, 11) is -0.733. The summed E-state index contributed by atoms with van der Waals surface area (Å²) in [6, 6.07) is 4.52. The second-order valence-electron chi connectivity index (χ2n) is 4.85. The molecule has 0 bridgehead atoms. The van der Waals surface area contributed by atoms with E-state index in [9.17, 15) is 4.21 Å². The molecule has 3 atom stereocenters. The fourth-order valence-corrected chi connectivity index (χ4v) is 3.12. The van der Waals surface area contributed by atoms with Gasteiger partial charge in [0.1, 0.15) is 0 Å². The number of aromatic nitrogens is 1. The molecule has 2 rings (SSSR count). The van der Waals surface area contributed by atoms with Crippen molar-refractivity contribution in [3.63, 3.8) is 0 Å². The molecule has 0 aliphatic carbocycles. The molecule has 3 unspecified atom stereocenters. The normalized spacial score (nSPS) is 16.4. The van der Waals surface area contributed by atoms with Crippen LogP contribution in [0.25, 0.3) is 10.2 Å². The van der Waals surface area contributed by atoms with E-state index >= 15 is 0 Å². The zero-order chi connectivity index (χ0) is 13.8. The van der Waals surface area contributed by atoms with E-state index in [2.05, 4.69) is 28.7 Å². The van der Waals surface area contributed by atoms with Crippen LogP contribution in [0, 0.1) is 0 Å². The average molecular weight is 296 g/mol. The number of nitrogens with zero attached hydrogens (tertiary/aromatic N) is 1. The van der Waals surface area contributed by atoms with Crippen LogP contribution in [-0.4, -0.2) is 27.2 Å². The highest BCUT2D eigenvalue weighted by Gasteiger charge is 2.09. The Kier molecular flexibility index (Phi) is 5.07. The molecule has 2 aromatic rings. The summed E-state index contributed by atoms with van der Waals surface area (Å²) in [5.74, 6) is 0. The molecular weight excluding hydrogens is 276 g/mol. The predicted octanol–water partition coefficient (Wildman–Crippen LogP) is 3.10. The van der Waals surface area contributed by atoms with Gasteiger partial charge in [-0.05, 0) is 43.0 Å². The van der Waals surface area contributed by atoms with Crippen molar-refractivity contribution in [2.45, 2.75) is 31.6 Å². The fraction of sp³-hybridized carbons (Fsp3) is 0.500. The van der Waals surface area contributed by atoms with Gasteiger partial charge in [0.05, 0.1) is 10.2 Å². The standard InChI is InChI=1S/C14H20N2OS2/c1-10(19(3)17)4-6-15-11(2)12-8-14-13(16-9-12)5-7-18-14/h5,7-11,15H,4,6H2,1-3H3. The molecular formula is C14H20N2OS2. The quantitative estimate of drug-likeness (QED) is 0.890. The number of nitrogens with one attached hydrogen (secondary N) is 1. The lowest BCUT2D eigenvalue weighted by Gasteiger charge is -2.15. The first-order chi connectivity index (χ1) is 9.08. The third kappa shape index (κ3) is 3.84. The van der Waals surface area contributed by atoms with Crippen molar-refractivity contribution >= 4 is 32.4 Å². The fourth-order valence-electron chi connectivity index (χ4n) is 1.89. The van der Waals surface area contributed by atoms with Gasteiger partial charge in [0.2, 0.25) is 0 Å². The van der Waals surface area contributed by atoms with E-state index in [1.54, 1.807) is 17.6 Å². The van der Waals surface area contributed by atoms with Gasteiger partial charge in [-0.25, -0.2) is 0 Å². The largest absolute Gasteiger partial charge is 0.310 e. The molecule has 19 heavy (non-hydrogen) atoms. The minimum atomic E-state index is -0.733. The highest BCUT2D eigenvalue weighted by molar-refractivity contribution is 7.84. The first-order valence-corrected chi connectivity index (χ1v) is 8.97. The van der Waals surface area contributed by atoms with Gasteiger partial charge in [0, 0.05) is 34.5 Å². The van der Waals surface area contributed by atoms with Crippen LogP contribution in [0.15, 0.2) is 23.7 Å². The van der Waals surface area contributed by atoms with Crippen molar-refractivity contribution in [3.05, 3.63) is 29.3 Å². The number of pyridine rings is 1. The molecule has 0 radical (unpaired) electrons. The second-order valence-corrected chi connectivity index (χ2v) is 7.60. The molecule has 0 saturated heterocycles. The van der Waals surface area contributed by atoms with Crippen LogP contribution < -0.4 is 5.32 Å². The number of thiophene rings is 1. The van der Waals surface area contributed by atoms with Gasteiger partial charge in [-0.2, -0.15) is 0 Å².